The molecule has 2 rings (SSSR count). The second-order valence-corrected chi connectivity index (χ2v) is 5.52. The summed E-state index contributed by atoms with van der Waals surface area (Å²) >= 11 is 5.84. The first kappa shape index (κ1) is 15.2. The van der Waals surface area contributed by atoms with Crippen LogP contribution in [-0.4, -0.2) is 20.0 Å². The molecule has 0 aliphatic carbocycles. The highest BCUT2D eigenvalue weighted by Crippen LogP contribution is 2.24. The Bertz CT molecular complexity index is 683. The van der Waals surface area contributed by atoms with Gasteiger partial charge in [0.1, 0.15) is 0 Å². The molecule has 110 valence electrons. The SMILES string of the molecule is Cc1ccc(NC(=O)c2ccc(Cl)cc2N)cc1N(C)C. The molecule has 0 aromatic heterocycles. The summed E-state index contributed by atoms with van der Waals surface area (Å²) in [5.41, 5.74) is 9.52. The van der Waals surface area contributed by atoms with Gasteiger partial charge in [0, 0.05) is 36.2 Å². The zero-order chi connectivity index (χ0) is 15.6. The molecule has 0 saturated heterocycles. The second kappa shape index (κ2) is 6.06. The van der Waals surface area contributed by atoms with Crippen LogP contribution in [0.2, 0.25) is 5.02 Å². The van der Waals surface area contributed by atoms with Gasteiger partial charge < -0.3 is 16.0 Å². The van der Waals surface area contributed by atoms with Gasteiger partial charge in [-0.1, -0.05) is 17.7 Å². The Morgan fingerprint density at radius 1 is 1.19 bits per heavy atom. The van der Waals surface area contributed by atoms with Crippen molar-refractivity contribution in [3.63, 3.8) is 0 Å². The topological polar surface area (TPSA) is 58.4 Å². The molecule has 0 bridgehead atoms. The fraction of sp³-hybridized carbons (Fsp3) is 0.188. The van der Waals surface area contributed by atoms with E-state index in [0.717, 1.165) is 16.9 Å². The van der Waals surface area contributed by atoms with E-state index in [1.807, 2.05) is 44.1 Å². The van der Waals surface area contributed by atoms with E-state index in [0.29, 0.717) is 16.3 Å². The van der Waals surface area contributed by atoms with E-state index in [-0.39, 0.29) is 5.91 Å². The summed E-state index contributed by atoms with van der Waals surface area (Å²) in [6.07, 6.45) is 0. The number of rotatable bonds is 3. The first-order chi connectivity index (χ1) is 9.88. The Morgan fingerprint density at radius 3 is 2.52 bits per heavy atom. The number of nitrogens with one attached hydrogen (secondary N) is 1. The third kappa shape index (κ3) is 3.47. The van der Waals surface area contributed by atoms with Crippen molar-refractivity contribution in [2.75, 3.05) is 30.0 Å². The number of carbonyl (C=O) groups is 1. The number of nitrogens with two attached hydrogens (primary N) is 1. The molecule has 0 aliphatic heterocycles. The zero-order valence-electron chi connectivity index (χ0n) is 12.3. The number of anilines is 3. The molecule has 5 heteroatoms. The van der Waals surface area contributed by atoms with Crippen LogP contribution in [0.1, 0.15) is 15.9 Å². The number of benzene rings is 2. The van der Waals surface area contributed by atoms with Crippen LogP contribution >= 0.6 is 11.6 Å². The number of amides is 1. The summed E-state index contributed by atoms with van der Waals surface area (Å²) in [6, 6.07) is 10.6. The molecule has 0 fully saturated rings. The molecule has 21 heavy (non-hydrogen) atoms. The zero-order valence-corrected chi connectivity index (χ0v) is 13.0. The number of halogens is 1. The fourth-order valence-corrected chi connectivity index (χ4v) is 2.29. The summed E-state index contributed by atoms with van der Waals surface area (Å²) in [4.78, 5) is 14.3. The van der Waals surface area contributed by atoms with Gasteiger partial charge in [-0.3, -0.25) is 4.79 Å². The lowest BCUT2D eigenvalue weighted by Gasteiger charge is -2.17. The van der Waals surface area contributed by atoms with E-state index in [2.05, 4.69) is 5.32 Å². The summed E-state index contributed by atoms with van der Waals surface area (Å²) < 4.78 is 0. The largest absolute Gasteiger partial charge is 0.398 e. The molecule has 2 aromatic carbocycles. The Kier molecular flexibility index (Phi) is 4.38. The van der Waals surface area contributed by atoms with Crippen LogP contribution in [0, 0.1) is 6.92 Å². The van der Waals surface area contributed by atoms with E-state index in [1.54, 1.807) is 18.2 Å². The van der Waals surface area contributed by atoms with E-state index in [1.165, 1.54) is 0 Å². The minimum absolute atomic E-state index is 0.252. The fourth-order valence-electron chi connectivity index (χ4n) is 2.11. The van der Waals surface area contributed by atoms with E-state index in [9.17, 15) is 4.79 Å². The lowest BCUT2D eigenvalue weighted by atomic mass is 10.1. The Labute approximate surface area is 129 Å². The number of hydrogen-bond acceptors (Lipinski definition) is 3. The number of carbonyl (C=O) groups excluding carboxylic acids is 1. The molecule has 1 amide bonds. The van der Waals surface area contributed by atoms with Crippen LogP contribution in [0.25, 0.3) is 0 Å². The van der Waals surface area contributed by atoms with Crippen molar-refractivity contribution in [2.45, 2.75) is 6.92 Å². The van der Waals surface area contributed by atoms with Crippen LogP contribution < -0.4 is 16.0 Å². The van der Waals surface area contributed by atoms with Crippen molar-refractivity contribution >= 4 is 34.6 Å². The van der Waals surface area contributed by atoms with Crippen molar-refractivity contribution in [3.8, 4) is 0 Å². The molecule has 0 aliphatic rings. The minimum Gasteiger partial charge on any atom is -0.398 e. The lowest BCUT2D eigenvalue weighted by Crippen LogP contribution is -2.15. The van der Waals surface area contributed by atoms with Gasteiger partial charge in [0.2, 0.25) is 0 Å². The number of nitrogens with zero attached hydrogens (tertiary/aromatic N) is 1. The van der Waals surface area contributed by atoms with Crippen molar-refractivity contribution in [3.05, 3.63) is 52.5 Å². The van der Waals surface area contributed by atoms with Gasteiger partial charge in [-0.15, -0.1) is 0 Å². The van der Waals surface area contributed by atoms with Crippen LogP contribution in [0.3, 0.4) is 0 Å². The lowest BCUT2D eigenvalue weighted by molar-refractivity contribution is 0.102. The van der Waals surface area contributed by atoms with E-state index < -0.39 is 0 Å². The smallest absolute Gasteiger partial charge is 0.257 e. The first-order valence-corrected chi connectivity index (χ1v) is 6.90. The van der Waals surface area contributed by atoms with Gasteiger partial charge in [0.15, 0.2) is 0 Å². The molecule has 0 unspecified atom stereocenters. The summed E-state index contributed by atoms with van der Waals surface area (Å²) in [5.74, 6) is -0.252. The standard InChI is InChI=1S/C16H18ClN3O/c1-10-4-6-12(9-15(10)20(2)3)19-16(21)13-7-5-11(17)8-14(13)18/h4-9H,18H2,1-3H3,(H,19,21). The number of nitrogen functional groups attached to an aromatic ring is 1. The van der Waals surface area contributed by atoms with Crippen LogP contribution in [0.15, 0.2) is 36.4 Å². The molecule has 0 atom stereocenters. The molecular weight excluding hydrogens is 286 g/mol. The van der Waals surface area contributed by atoms with Crippen molar-refractivity contribution in [1.82, 2.24) is 0 Å². The maximum absolute atomic E-state index is 12.3. The van der Waals surface area contributed by atoms with Crippen LogP contribution in [0.5, 0.6) is 0 Å². The van der Waals surface area contributed by atoms with Gasteiger partial charge in [-0.25, -0.2) is 0 Å². The van der Waals surface area contributed by atoms with Gasteiger partial charge in [-0.2, -0.15) is 0 Å². The molecule has 2 aromatic rings. The maximum Gasteiger partial charge on any atom is 0.257 e. The monoisotopic (exact) mass is 303 g/mol. The van der Waals surface area contributed by atoms with Gasteiger partial charge in [0.25, 0.3) is 5.91 Å². The average Bonchev–Trinajstić information content (AvgIpc) is 2.40. The number of aryl methyl sites for hydroxylation is 1. The summed E-state index contributed by atoms with van der Waals surface area (Å²) in [7, 11) is 3.93. The first-order valence-electron chi connectivity index (χ1n) is 6.53. The third-order valence-electron chi connectivity index (χ3n) is 3.21. The highest BCUT2D eigenvalue weighted by atomic mass is 35.5. The Morgan fingerprint density at radius 2 is 1.90 bits per heavy atom. The molecule has 4 nitrogen and oxygen atoms in total. The molecule has 0 saturated carbocycles. The predicted octanol–water partition coefficient (Wildman–Crippen LogP) is 3.55. The molecular formula is C16H18ClN3O. The predicted molar refractivity (Wildman–Crippen MR) is 89.3 cm³/mol. The van der Waals surface area contributed by atoms with Gasteiger partial charge in [0.05, 0.1) is 5.56 Å². The third-order valence-corrected chi connectivity index (χ3v) is 3.44. The summed E-state index contributed by atoms with van der Waals surface area (Å²) in [5, 5.41) is 3.36. The van der Waals surface area contributed by atoms with Crippen molar-refractivity contribution in [1.29, 1.82) is 0 Å². The van der Waals surface area contributed by atoms with Crippen LogP contribution in [0.4, 0.5) is 17.1 Å². The van der Waals surface area contributed by atoms with Crippen LogP contribution in [-0.2, 0) is 0 Å². The molecule has 3 N–H and O–H groups in total. The second-order valence-electron chi connectivity index (χ2n) is 5.08. The Balaban J connectivity index is 2.25. The van der Waals surface area contributed by atoms with E-state index >= 15 is 0 Å². The van der Waals surface area contributed by atoms with Crippen molar-refractivity contribution < 1.29 is 4.79 Å². The Hall–Kier alpha value is -2.20. The summed E-state index contributed by atoms with van der Waals surface area (Å²) in [6.45, 7) is 2.03. The number of hydrogen-bond donors (Lipinski definition) is 2. The molecule has 0 radical (unpaired) electrons. The van der Waals surface area contributed by atoms with Crippen molar-refractivity contribution in [2.24, 2.45) is 0 Å². The van der Waals surface area contributed by atoms with Gasteiger partial charge >= 0.3 is 0 Å². The molecule has 0 heterocycles. The molecule has 0 spiro atoms. The normalized spacial score (nSPS) is 10.3. The average molecular weight is 304 g/mol. The highest BCUT2D eigenvalue weighted by Gasteiger charge is 2.11. The van der Waals surface area contributed by atoms with Gasteiger partial charge in [-0.05, 0) is 42.8 Å². The minimum atomic E-state index is -0.252. The van der Waals surface area contributed by atoms with E-state index in [4.69, 9.17) is 17.3 Å². The maximum atomic E-state index is 12.3. The quantitative estimate of drug-likeness (QED) is 0.853. The highest BCUT2D eigenvalue weighted by molar-refractivity contribution is 6.31.